The van der Waals surface area contributed by atoms with Crippen LogP contribution in [0.4, 0.5) is 5.82 Å². The van der Waals surface area contributed by atoms with Gasteiger partial charge in [-0.25, -0.2) is 15.0 Å². The molecule has 0 radical (unpaired) electrons. The van der Waals surface area contributed by atoms with E-state index >= 15 is 0 Å². The second kappa shape index (κ2) is 5.86. The van der Waals surface area contributed by atoms with E-state index in [4.69, 9.17) is 10.7 Å². The normalized spacial score (nSPS) is 11.2. The van der Waals surface area contributed by atoms with E-state index < -0.39 is 0 Å². The van der Waals surface area contributed by atoms with Gasteiger partial charge in [0.05, 0.1) is 22.3 Å². The van der Waals surface area contributed by atoms with Crippen LogP contribution in [-0.4, -0.2) is 19.3 Å². The number of nitrogens with two attached hydrogens (primary N) is 1. The molecule has 5 aromatic rings. The van der Waals surface area contributed by atoms with Crippen molar-refractivity contribution >= 4 is 38.5 Å². The molecule has 3 aromatic heterocycles. The maximum Gasteiger partial charge on any atom is 0.149 e. The van der Waals surface area contributed by atoms with Gasteiger partial charge in [0, 0.05) is 16.5 Å². The van der Waals surface area contributed by atoms with Crippen LogP contribution in [0.5, 0.6) is 0 Å². The number of aromatic nitrogens is 4. The largest absolute Gasteiger partial charge is 0.383 e. The van der Waals surface area contributed by atoms with Gasteiger partial charge in [-0.3, -0.25) is 0 Å². The average Bonchev–Trinajstić information content (AvgIpc) is 3.13. The molecular weight excluding hydrogens is 342 g/mol. The van der Waals surface area contributed by atoms with E-state index in [0.29, 0.717) is 5.82 Å². The van der Waals surface area contributed by atoms with Crippen molar-refractivity contribution in [3.63, 3.8) is 0 Å². The summed E-state index contributed by atoms with van der Waals surface area (Å²) < 4.78 is 4.55. The fourth-order valence-electron chi connectivity index (χ4n) is 3.04. The Balaban J connectivity index is 1.69. The van der Waals surface area contributed by atoms with Gasteiger partial charge >= 0.3 is 0 Å². The van der Waals surface area contributed by atoms with E-state index in [1.54, 1.807) is 0 Å². The van der Waals surface area contributed by atoms with Gasteiger partial charge in [0.15, 0.2) is 0 Å². The highest BCUT2D eigenvalue weighted by atomic mass is 32.1. The molecule has 0 aliphatic heterocycles. The van der Waals surface area contributed by atoms with Crippen molar-refractivity contribution in [1.29, 1.82) is 0 Å². The molecule has 2 aromatic carbocycles. The Morgan fingerprint density at radius 1 is 0.846 bits per heavy atom. The van der Waals surface area contributed by atoms with E-state index in [9.17, 15) is 0 Å². The van der Waals surface area contributed by atoms with E-state index in [-0.39, 0.29) is 0 Å². The quantitative estimate of drug-likeness (QED) is 0.502. The first-order chi connectivity index (χ1) is 12.8. The molecule has 0 saturated heterocycles. The third-order valence-corrected chi connectivity index (χ3v) is 5.09. The molecule has 124 valence electrons. The number of rotatable bonds is 2. The number of pyridine rings is 1. The lowest BCUT2D eigenvalue weighted by Crippen LogP contribution is -1.92. The van der Waals surface area contributed by atoms with Crippen molar-refractivity contribution in [1.82, 2.24) is 19.3 Å². The zero-order valence-electron chi connectivity index (χ0n) is 13.6. The van der Waals surface area contributed by atoms with Crippen LogP contribution < -0.4 is 5.73 Å². The van der Waals surface area contributed by atoms with Crippen molar-refractivity contribution in [3.05, 3.63) is 67.0 Å². The maximum atomic E-state index is 6.05. The first kappa shape index (κ1) is 14.9. The summed E-state index contributed by atoms with van der Waals surface area (Å²) in [5, 5.41) is 1.88. The van der Waals surface area contributed by atoms with Crippen LogP contribution in [0.1, 0.15) is 0 Å². The number of hydrogen-bond acceptors (Lipinski definition) is 6. The lowest BCUT2D eigenvalue weighted by molar-refractivity contribution is 1.24. The topological polar surface area (TPSA) is 77.6 Å². The predicted octanol–water partition coefficient (Wildman–Crippen LogP) is 4.55. The molecule has 5 nitrogen and oxygen atoms in total. The maximum absolute atomic E-state index is 6.05. The minimum Gasteiger partial charge on any atom is -0.383 e. The number of anilines is 1. The number of hydrogen-bond donors (Lipinski definition) is 1. The highest BCUT2D eigenvalue weighted by molar-refractivity contribution is 7.13. The van der Waals surface area contributed by atoms with Crippen molar-refractivity contribution in [2.75, 3.05) is 5.73 Å². The standard InChI is InChI=1S/C20H13N5S/c21-19-17-18(25-26-20(17)23-11-22-19)14-7-6-13-8-9-15(24-16(13)10-14)12-4-2-1-3-5-12/h1-11H,(H2,21,22,23). The summed E-state index contributed by atoms with van der Waals surface area (Å²) in [6.07, 6.45) is 1.47. The van der Waals surface area contributed by atoms with Gasteiger partial charge in [-0.15, -0.1) is 0 Å². The van der Waals surface area contributed by atoms with E-state index in [1.165, 1.54) is 17.9 Å². The highest BCUT2D eigenvalue weighted by Crippen LogP contribution is 2.34. The fraction of sp³-hybridized carbons (Fsp3) is 0. The average molecular weight is 355 g/mol. The first-order valence-corrected chi connectivity index (χ1v) is 8.89. The summed E-state index contributed by atoms with van der Waals surface area (Å²) >= 11 is 1.33. The first-order valence-electron chi connectivity index (χ1n) is 8.12. The molecular formula is C20H13N5S. The number of benzene rings is 2. The molecule has 0 saturated carbocycles. The Bertz CT molecular complexity index is 1250. The number of nitrogens with zero attached hydrogens (tertiary/aromatic N) is 4. The fourth-order valence-corrected chi connectivity index (χ4v) is 3.80. The van der Waals surface area contributed by atoms with Gasteiger partial charge in [-0.05, 0) is 23.7 Å². The molecule has 0 spiro atoms. The third kappa shape index (κ3) is 2.39. The molecule has 26 heavy (non-hydrogen) atoms. The monoisotopic (exact) mass is 355 g/mol. The Kier molecular flexibility index (Phi) is 3.36. The minimum atomic E-state index is 0.449. The van der Waals surface area contributed by atoms with Gasteiger partial charge in [0.25, 0.3) is 0 Å². The lowest BCUT2D eigenvalue weighted by Gasteiger charge is -2.05. The molecule has 0 unspecified atom stereocenters. The summed E-state index contributed by atoms with van der Waals surface area (Å²) in [6.45, 7) is 0. The van der Waals surface area contributed by atoms with Crippen molar-refractivity contribution in [3.8, 4) is 22.5 Å². The Labute approximate surface area is 153 Å². The van der Waals surface area contributed by atoms with Gasteiger partial charge < -0.3 is 5.73 Å². The van der Waals surface area contributed by atoms with Crippen molar-refractivity contribution in [2.24, 2.45) is 0 Å². The summed E-state index contributed by atoms with van der Waals surface area (Å²) in [7, 11) is 0. The summed E-state index contributed by atoms with van der Waals surface area (Å²) in [4.78, 5) is 14.0. The molecule has 0 fully saturated rings. The van der Waals surface area contributed by atoms with E-state index in [2.05, 4.69) is 38.6 Å². The predicted molar refractivity (Wildman–Crippen MR) is 106 cm³/mol. The molecule has 5 rings (SSSR count). The molecule has 2 N–H and O–H groups in total. The molecule has 0 aliphatic rings. The zero-order chi connectivity index (χ0) is 17.5. The van der Waals surface area contributed by atoms with Crippen molar-refractivity contribution in [2.45, 2.75) is 0 Å². The van der Waals surface area contributed by atoms with Crippen LogP contribution in [0.2, 0.25) is 0 Å². The lowest BCUT2D eigenvalue weighted by atomic mass is 10.1. The summed E-state index contributed by atoms with van der Waals surface area (Å²) in [5.74, 6) is 0.449. The second-order valence-electron chi connectivity index (χ2n) is 5.94. The molecule has 3 heterocycles. The molecule has 0 bridgehead atoms. The van der Waals surface area contributed by atoms with Gasteiger partial charge in [-0.2, -0.15) is 4.37 Å². The van der Waals surface area contributed by atoms with Gasteiger partial charge in [-0.1, -0.05) is 48.5 Å². The highest BCUT2D eigenvalue weighted by Gasteiger charge is 2.14. The number of fused-ring (bicyclic) bond motifs is 2. The van der Waals surface area contributed by atoms with Gasteiger partial charge in [0.1, 0.15) is 17.0 Å². The van der Waals surface area contributed by atoms with Crippen LogP contribution in [-0.2, 0) is 0 Å². The Morgan fingerprint density at radius 2 is 1.69 bits per heavy atom. The van der Waals surface area contributed by atoms with Crippen molar-refractivity contribution < 1.29 is 0 Å². The van der Waals surface area contributed by atoms with Crippen LogP contribution in [0, 0.1) is 0 Å². The second-order valence-corrected chi connectivity index (χ2v) is 6.69. The van der Waals surface area contributed by atoms with E-state index in [1.807, 2.05) is 36.4 Å². The van der Waals surface area contributed by atoms with Crippen LogP contribution in [0.15, 0.2) is 67.0 Å². The van der Waals surface area contributed by atoms with Crippen LogP contribution in [0.3, 0.4) is 0 Å². The Morgan fingerprint density at radius 3 is 2.58 bits per heavy atom. The molecule has 0 amide bonds. The zero-order valence-corrected chi connectivity index (χ0v) is 14.4. The third-order valence-electron chi connectivity index (χ3n) is 4.34. The summed E-state index contributed by atoms with van der Waals surface area (Å²) in [5.41, 5.74) is 10.8. The van der Waals surface area contributed by atoms with Crippen LogP contribution >= 0.6 is 11.5 Å². The molecule has 6 heteroatoms. The summed E-state index contributed by atoms with van der Waals surface area (Å²) in [6, 6.07) is 20.4. The smallest absolute Gasteiger partial charge is 0.149 e. The number of nitrogen functional groups attached to an aromatic ring is 1. The minimum absolute atomic E-state index is 0.449. The van der Waals surface area contributed by atoms with Crippen LogP contribution in [0.25, 0.3) is 43.6 Å². The SMILES string of the molecule is Nc1ncnc2snc(-c3ccc4ccc(-c5ccccc5)nc4c3)c12. The molecule has 0 atom stereocenters. The van der Waals surface area contributed by atoms with Gasteiger partial charge in [0.2, 0.25) is 0 Å². The Hall–Kier alpha value is -3.38. The van der Waals surface area contributed by atoms with E-state index in [0.717, 1.165) is 43.6 Å². The molecule has 0 aliphatic carbocycles.